The molecule has 2 aromatic carbocycles. The molecular formula is C29H40N6O2. The third-order valence-corrected chi connectivity index (χ3v) is 7.37. The van der Waals surface area contributed by atoms with Crippen molar-refractivity contribution in [3.05, 3.63) is 65.7 Å². The summed E-state index contributed by atoms with van der Waals surface area (Å²) >= 11 is 0. The molecule has 2 heterocycles. The van der Waals surface area contributed by atoms with Gasteiger partial charge in [-0.1, -0.05) is 63.2 Å². The highest BCUT2D eigenvalue weighted by molar-refractivity contribution is 6.04. The molecule has 1 fully saturated rings. The number of urea groups is 1. The lowest BCUT2D eigenvalue weighted by molar-refractivity contribution is -0.138. The van der Waals surface area contributed by atoms with Crippen LogP contribution in [0.4, 0.5) is 10.5 Å². The summed E-state index contributed by atoms with van der Waals surface area (Å²) in [5.41, 5.74) is 8.81. The molecule has 0 aliphatic carbocycles. The predicted octanol–water partition coefficient (Wildman–Crippen LogP) is 3.48. The van der Waals surface area contributed by atoms with E-state index in [0.717, 1.165) is 43.0 Å². The Morgan fingerprint density at radius 2 is 1.57 bits per heavy atom. The summed E-state index contributed by atoms with van der Waals surface area (Å²) in [5, 5.41) is 0. The van der Waals surface area contributed by atoms with Crippen LogP contribution in [-0.2, 0) is 17.6 Å². The first kappa shape index (κ1) is 26.7. The van der Waals surface area contributed by atoms with Crippen LogP contribution in [0.1, 0.15) is 38.3 Å². The molecule has 8 heteroatoms. The second kappa shape index (κ2) is 12.2. The molecule has 2 aromatic rings. The van der Waals surface area contributed by atoms with Crippen LogP contribution in [0, 0.1) is 0 Å². The lowest BCUT2D eigenvalue weighted by Crippen LogP contribution is -2.66. The Bertz CT molecular complexity index is 1080. The van der Waals surface area contributed by atoms with Crippen molar-refractivity contribution in [1.29, 1.82) is 0 Å². The van der Waals surface area contributed by atoms with Gasteiger partial charge in [-0.25, -0.2) is 9.79 Å². The van der Waals surface area contributed by atoms with E-state index in [-0.39, 0.29) is 11.9 Å². The Morgan fingerprint density at radius 3 is 2.22 bits per heavy atom. The van der Waals surface area contributed by atoms with E-state index >= 15 is 0 Å². The molecule has 3 amide bonds. The first-order valence-corrected chi connectivity index (χ1v) is 13.5. The van der Waals surface area contributed by atoms with Crippen LogP contribution in [0.3, 0.4) is 0 Å². The number of rotatable bonds is 12. The highest BCUT2D eigenvalue weighted by atomic mass is 16.2. The minimum absolute atomic E-state index is 0.132. The Morgan fingerprint density at radius 1 is 0.865 bits per heavy atom. The van der Waals surface area contributed by atoms with Gasteiger partial charge in [-0.05, 0) is 49.2 Å². The second-order valence-electron chi connectivity index (χ2n) is 9.74. The molecule has 0 bridgehead atoms. The number of likely N-dealkylation sites (N-methyl/N-ethyl adjacent to an activating group) is 1. The van der Waals surface area contributed by atoms with Crippen LogP contribution < -0.4 is 5.73 Å². The van der Waals surface area contributed by atoms with E-state index in [1.54, 1.807) is 4.90 Å². The molecule has 2 unspecified atom stereocenters. The van der Waals surface area contributed by atoms with E-state index in [4.69, 9.17) is 10.7 Å². The normalized spacial score (nSPS) is 19.6. The van der Waals surface area contributed by atoms with Gasteiger partial charge in [0.05, 0.1) is 0 Å². The highest BCUT2D eigenvalue weighted by Gasteiger charge is 2.52. The summed E-state index contributed by atoms with van der Waals surface area (Å²) in [6.07, 6.45) is 1.51. The summed E-state index contributed by atoms with van der Waals surface area (Å²) in [6, 6.07) is 17.2. The van der Waals surface area contributed by atoms with Gasteiger partial charge in [0.2, 0.25) is 0 Å². The van der Waals surface area contributed by atoms with Gasteiger partial charge in [-0.3, -0.25) is 14.6 Å². The number of nitrogen functional groups attached to an aromatic ring is 1. The fourth-order valence-electron chi connectivity index (χ4n) is 5.22. The van der Waals surface area contributed by atoms with Gasteiger partial charge < -0.3 is 15.5 Å². The second-order valence-corrected chi connectivity index (χ2v) is 9.74. The number of benzene rings is 2. The molecule has 8 nitrogen and oxygen atoms in total. The molecule has 2 aliphatic rings. The fraction of sp³-hybridized carbons (Fsp3) is 0.483. The number of anilines is 1. The van der Waals surface area contributed by atoms with Crippen molar-refractivity contribution in [1.82, 2.24) is 19.6 Å². The maximum absolute atomic E-state index is 13.8. The molecule has 0 spiro atoms. The molecule has 2 atom stereocenters. The van der Waals surface area contributed by atoms with Gasteiger partial charge in [0.25, 0.3) is 5.91 Å². The molecule has 4 rings (SSSR count). The van der Waals surface area contributed by atoms with E-state index in [9.17, 15) is 9.59 Å². The quantitative estimate of drug-likeness (QED) is 0.448. The predicted molar refractivity (Wildman–Crippen MR) is 148 cm³/mol. The lowest BCUT2D eigenvalue weighted by Gasteiger charge is -2.43. The van der Waals surface area contributed by atoms with Gasteiger partial charge in [0.1, 0.15) is 5.84 Å². The van der Waals surface area contributed by atoms with Crippen molar-refractivity contribution in [3.63, 3.8) is 0 Å². The summed E-state index contributed by atoms with van der Waals surface area (Å²) in [4.78, 5) is 40.2. The number of hydrogen-bond acceptors (Lipinski definition) is 6. The van der Waals surface area contributed by atoms with Crippen LogP contribution in [0.15, 0.2) is 59.6 Å². The minimum Gasteiger partial charge on any atom is -0.399 e. The molecular weight excluding hydrogens is 464 g/mol. The number of amidine groups is 1. The minimum atomic E-state index is -0.516. The van der Waals surface area contributed by atoms with Crippen molar-refractivity contribution in [2.75, 3.05) is 45.0 Å². The van der Waals surface area contributed by atoms with Gasteiger partial charge in [-0.2, -0.15) is 0 Å². The Kier molecular flexibility index (Phi) is 8.82. The van der Waals surface area contributed by atoms with Crippen LogP contribution in [0.2, 0.25) is 0 Å². The number of aliphatic imine (C=N–C) groups is 1. The maximum atomic E-state index is 13.8. The molecule has 37 heavy (non-hydrogen) atoms. The highest BCUT2D eigenvalue weighted by Crippen LogP contribution is 2.30. The Labute approximate surface area is 220 Å². The number of hydrogen-bond donors (Lipinski definition) is 1. The molecule has 0 aromatic heterocycles. The number of fused-ring (bicyclic) bond motifs is 1. The first-order chi connectivity index (χ1) is 18.0. The number of nitrogens with two attached hydrogens (primary N) is 1. The van der Waals surface area contributed by atoms with Crippen molar-refractivity contribution < 1.29 is 9.59 Å². The van der Waals surface area contributed by atoms with Gasteiger partial charge >= 0.3 is 6.03 Å². The molecule has 2 aliphatic heterocycles. The van der Waals surface area contributed by atoms with Crippen molar-refractivity contribution in [2.24, 2.45) is 4.99 Å². The third kappa shape index (κ3) is 5.96. The molecule has 198 valence electrons. The number of carbonyl (C=O) groups excluding carboxylic acids is 2. The van der Waals surface area contributed by atoms with Crippen molar-refractivity contribution >= 4 is 23.5 Å². The zero-order valence-electron chi connectivity index (χ0n) is 22.3. The standard InChI is InChI=1S/C29H40N6O2/c1-4-17-35-28(36)26-27(34(29(35)37)18-16-22-12-14-24(30)15-13-22)31-25(21-23-10-8-7-9-11-23)33(26)20-19-32(5-2)6-3/h7-15,26-27H,4-6,16-21,30H2,1-3H3. The van der Waals surface area contributed by atoms with Gasteiger partial charge in [-0.15, -0.1) is 0 Å². The zero-order chi connectivity index (χ0) is 26.4. The van der Waals surface area contributed by atoms with Crippen LogP contribution in [0.5, 0.6) is 0 Å². The summed E-state index contributed by atoms with van der Waals surface area (Å²) < 4.78 is 0. The summed E-state index contributed by atoms with van der Waals surface area (Å²) in [7, 11) is 0. The number of nitrogens with zero attached hydrogens (tertiary/aromatic N) is 5. The number of carbonyl (C=O) groups is 2. The maximum Gasteiger partial charge on any atom is 0.328 e. The van der Waals surface area contributed by atoms with Crippen LogP contribution in [0.25, 0.3) is 0 Å². The van der Waals surface area contributed by atoms with Crippen LogP contribution in [-0.4, -0.2) is 88.8 Å². The van der Waals surface area contributed by atoms with E-state index in [0.29, 0.717) is 38.2 Å². The molecule has 1 saturated heterocycles. The largest absolute Gasteiger partial charge is 0.399 e. The molecule has 0 saturated carbocycles. The monoisotopic (exact) mass is 504 g/mol. The van der Waals surface area contributed by atoms with E-state index in [2.05, 4.69) is 35.8 Å². The topological polar surface area (TPSA) is 85.5 Å². The fourth-order valence-corrected chi connectivity index (χ4v) is 5.22. The van der Waals surface area contributed by atoms with E-state index in [1.165, 1.54) is 4.90 Å². The number of amides is 3. The zero-order valence-corrected chi connectivity index (χ0v) is 22.3. The number of imide groups is 1. The summed E-state index contributed by atoms with van der Waals surface area (Å²) in [6.45, 7) is 10.6. The first-order valence-electron chi connectivity index (χ1n) is 13.5. The molecule has 2 N–H and O–H groups in total. The van der Waals surface area contributed by atoms with Crippen LogP contribution >= 0.6 is 0 Å². The summed E-state index contributed by atoms with van der Waals surface area (Å²) in [5.74, 6) is 0.747. The smallest absolute Gasteiger partial charge is 0.328 e. The third-order valence-electron chi connectivity index (χ3n) is 7.37. The Hall–Kier alpha value is -3.39. The van der Waals surface area contributed by atoms with Gasteiger partial charge in [0.15, 0.2) is 12.2 Å². The Balaban J connectivity index is 1.65. The van der Waals surface area contributed by atoms with E-state index in [1.807, 2.05) is 49.4 Å². The average molecular weight is 505 g/mol. The van der Waals surface area contributed by atoms with Crippen molar-refractivity contribution in [2.45, 2.75) is 52.2 Å². The van der Waals surface area contributed by atoms with Crippen molar-refractivity contribution in [3.8, 4) is 0 Å². The SMILES string of the molecule is CCCN1C(=O)C2C(N=C(Cc3ccccc3)N2CCN(CC)CC)N(CCc2ccc(N)cc2)C1=O. The van der Waals surface area contributed by atoms with Gasteiger partial charge in [0, 0.05) is 38.3 Å². The van der Waals surface area contributed by atoms with E-state index < -0.39 is 12.2 Å². The molecule has 0 radical (unpaired) electrons. The average Bonchev–Trinajstić information content (AvgIpc) is 3.26. The lowest BCUT2D eigenvalue weighted by atomic mass is 10.1.